The summed E-state index contributed by atoms with van der Waals surface area (Å²) in [6, 6.07) is 4.91. The molecule has 1 saturated heterocycles. The lowest BCUT2D eigenvalue weighted by atomic mass is 10.2. The maximum atomic E-state index is 4.41. The van der Waals surface area contributed by atoms with Gasteiger partial charge in [0.15, 0.2) is 0 Å². The van der Waals surface area contributed by atoms with Crippen LogP contribution in [0.2, 0.25) is 0 Å². The molecular formula is C11H15N3S. The zero-order valence-electron chi connectivity index (χ0n) is 8.65. The molecule has 3 rings (SSSR count). The van der Waals surface area contributed by atoms with Crippen LogP contribution >= 0.6 is 11.8 Å². The molecule has 1 atom stereocenters. The largest absolute Gasteiger partial charge is 0.368 e. The molecule has 3 heterocycles. The highest BCUT2D eigenvalue weighted by Gasteiger charge is 2.27. The van der Waals surface area contributed by atoms with Crippen molar-refractivity contribution in [1.29, 1.82) is 0 Å². The lowest BCUT2D eigenvalue weighted by molar-refractivity contribution is 0.625. The Bertz CT molecular complexity index is 355. The summed E-state index contributed by atoms with van der Waals surface area (Å²) in [6.45, 7) is 2.21. The van der Waals surface area contributed by atoms with Crippen molar-refractivity contribution in [2.24, 2.45) is 0 Å². The van der Waals surface area contributed by atoms with Crippen LogP contribution in [0.1, 0.15) is 6.42 Å². The Hall–Kier alpha value is -0.900. The van der Waals surface area contributed by atoms with E-state index < -0.39 is 0 Å². The van der Waals surface area contributed by atoms with E-state index in [0.717, 1.165) is 18.9 Å². The van der Waals surface area contributed by atoms with Gasteiger partial charge in [-0.3, -0.25) is 0 Å². The molecule has 15 heavy (non-hydrogen) atoms. The minimum absolute atomic E-state index is 0.696. The summed E-state index contributed by atoms with van der Waals surface area (Å²) in [5, 5.41) is 3.42. The highest BCUT2D eigenvalue weighted by atomic mass is 32.2. The van der Waals surface area contributed by atoms with Gasteiger partial charge >= 0.3 is 0 Å². The van der Waals surface area contributed by atoms with Crippen molar-refractivity contribution < 1.29 is 0 Å². The fraction of sp³-hybridized carbons (Fsp3) is 0.545. The Morgan fingerprint density at radius 3 is 3.53 bits per heavy atom. The summed E-state index contributed by atoms with van der Waals surface area (Å²) in [6.07, 6.45) is 3.09. The van der Waals surface area contributed by atoms with Gasteiger partial charge in [0.25, 0.3) is 0 Å². The Labute approximate surface area is 94.3 Å². The van der Waals surface area contributed by atoms with Gasteiger partial charge < -0.3 is 10.2 Å². The van der Waals surface area contributed by atoms with E-state index in [9.17, 15) is 0 Å². The van der Waals surface area contributed by atoms with Crippen LogP contribution in [0, 0.1) is 0 Å². The van der Waals surface area contributed by atoms with Gasteiger partial charge in [-0.2, -0.15) is 11.8 Å². The maximum Gasteiger partial charge on any atom is 0.149 e. The SMILES string of the molecule is c1cnc2c(c1)N1CCSCC1CCN2. The topological polar surface area (TPSA) is 28.2 Å². The van der Waals surface area contributed by atoms with Crippen LogP contribution in [0.5, 0.6) is 0 Å². The predicted molar refractivity (Wildman–Crippen MR) is 65.8 cm³/mol. The van der Waals surface area contributed by atoms with Crippen LogP contribution in [0.3, 0.4) is 0 Å². The highest BCUT2D eigenvalue weighted by molar-refractivity contribution is 7.99. The van der Waals surface area contributed by atoms with Crippen LogP contribution in [-0.4, -0.2) is 35.6 Å². The molecule has 1 unspecified atom stereocenters. The number of nitrogens with one attached hydrogen (secondary N) is 1. The first-order valence-electron chi connectivity index (χ1n) is 5.48. The van der Waals surface area contributed by atoms with Crippen molar-refractivity contribution in [2.75, 3.05) is 34.8 Å². The van der Waals surface area contributed by atoms with E-state index in [-0.39, 0.29) is 0 Å². The lowest BCUT2D eigenvalue weighted by Gasteiger charge is -2.35. The van der Waals surface area contributed by atoms with Gasteiger partial charge in [-0.25, -0.2) is 4.98 Å². The Balaban J connectivity index is 1.99. The number of aromatic nitrogens is 1. The number of hydrogen-bond acceptors (Lipinski definition) is 4. The first kappa shape index (κ1) is 9.33. The zero-order valence-corrected chi connectivity index (χ0v) is 9.46. The van der Waals surface area contributed by atoms with Gasteiger partial charge in [-0.1, -0.05) is 0 Å². The predicted octanol–water partition coefficient (Wildman–Crippen LogP) is 1.82. The van der Waals surface area contributed by atoms with Crippen molar-refractivity contribution in [1.82, 2.24) is 4.98 Å². The summed E-state index contributed by atoms with van der Waals surface area (Å²) >= 11 is 2.07. The fourth-order valence-electron chi connectivity index (χ4n) is 2.33. The summed E-state index contributed by atoms with van der Waals surface area (Å²) in [5.41, 5.74) is 1.29. The molecule has 0 spiro atoms. The number of fused-ring (bicyclic) bond motifs is 3. The van der Waals surface area contributed by atoms with Crippen LogP contribution in [0.25, 0.3) is 0 Å². The number of anilines is 2. The monoisotopic (exact) mass is 221 g/mol. The normalized spacial score (nSPS) is 24.8. The van der Waals surface area contributed by atoms with E-state index >= 15 is 0 Å². The van der Waals surface area contributed by atoms with E-state index in [1.54, 1.807) is 0 Å². The molecule has 0 bridgehead atoms. The highest BCUT2D eigenvalue weighted by Crippen LogP contribution is 2.32. The maximum absolute atomic E-state index is 4.41. The molecule has 0 aliphatic carbocycles. The van der Waals surface area contributed by atoms with Crippen LogP contribution in [-0.2, 0) is 0 Å². The second kappa shape index (κ2) is 3.93. The molecule has 1 aromatic heterocycles. The second-order valence-corrected chi connectivity index (χ2v) is 5.16. The number of rotatable bonds is 0. The van der Waals surface area contributed by atoms with Gasteiger partial charge in [0.05, 0.1) is 5.69 Å². The minimum Gasteiger partial charge on any atom is -0.368 e. The average molecular weight is 221 g/mol. The Morgan fingerprint density at radius 2 is 2.53 bits per heavy atom. The molecule has 80 valence electrons. The first-order chi connectivity index (χ1) is 7.45. The van der Waals surface area contributed by atoms with E-state index in [2.05, 4.69) is 33.0 Å². The molecule has 0 amide bonds. The first-order valence-corrected chi connectivity index (χ1v) is 6.64. The third-order valence-electron chi connectivity index (χ3n) is 3.09. The molecule has 1 N–H and O–H groups in total. The van der Waals surface area contributed by atoms with Crippen molar-refractivity contribution in [3.8, 4) is 0 Å². The van der Waals surface area contributed by atoms with Gasteiger partial charge in [-0.05, 0) is 18.6 Å². The van der Waals surface area contributed by atoms with Crippen LogP contribution in [0.15, 0.2) is 18.3 Å². The Kier molecular flexibility index (Phi) is 2.44. The standard InChI is InChI=1S/C11H15N3S/c1-2-10-11(12-4-1)13-5-3-9-8-15-7-6-14(9)10/h1-2,4,9H,3,5-8H2,(H,12,13). The molecule has 1 fully saturated rings. The van der Waals surface area contributed by atoms with E-state index in [1.807, 2.05) is 12.3 Å². The lowest BCUT2D eigenvalue weighted by Crippen LogP contribution is -2.42. The molecule has 2 aliphatic rings. The van der Waals surface area contributed by atoms with E-state index in [1.165, 1.54) is 23.6 Å². The third kappa shape index (κ3) is 1.67. The van der Waals surface area contributed by atoms with Crippen LogP contribution < -0.4 is 10.2 Å². The summed E-state index contributed by atoms with van der Waals surface area (Å²) in [4.78, 5) is 6.94. The molecule has 1 aromatic rings. The fourth-order valence-corrected chi connectivity index (χ4v) is 3.44. The van der Waals surface area contributed by atoms with E-state index in [4.69, 9.17) is 0 Å². The molecule has 2 aliphatic heterocycles. The molecule has 0 radical (unpaired) electrons. The quantitative estimate of drug-likeness (QED) is 0.723. The number of thioether (sulfide) groups is 1. The molecule has 0 aromatic carbocycles. The molecular weight excluding hydrogens is 206 g/mol. The summed E-state index contributed by atoms with van der Waals surface area (Å²) < 4.78 is 0. The third-order valence-corrected chi connectivity index (χ3v) is 4.19. The average Bonchev–Trinajstić information content (AvgIpc) is 2.48. The van der Waals surface area contributed by atoms with Crippen molar-refractivity contribution in [2.45, 2.75) is 12.5 Å². The van der Waals surface area contributed by atoms with Gasteiger partial charge in [0.2, 0.25) is 0 Å². The molecule has 3 nitrogen and oxygen atoms in total. The van der Waals surface area contributed by atoms with Crippen molar-refractivity contribution in [3.05, 3.63) is 18.3 Å². The van der Waals surface area contributed by atoms with Crippen molar-refractivity contribution >= 4 is 23.3 Å². The zero-order chi connectivity index (χ0) is 10.1. The number of pyridine rings is 1. The van der Waals surface area contributed by atoms with Crippen LogP contribution in [0.4, 0.5) is 11.5 Å². The summed E-state index contributed by atoms with van der Waals surface area (Å²) in [7, 11) is 0. The number of hydrogen-bond donors (Lipinski definition) is 1. The van der Waals surface area contributed by atoms with Gasteiger partial charge in [0, 0.05) is 36.8 Å². The Morgan fingerprint density at radius 1 is 1.53 bits per heavy atom. The smallest absolute Gasteiger partial charge is 0.149 e. The van der Waals surface area contributed by atoms with E-state index in [0.29, 0.717) is 6.04 Å². The minimum atomic E-state index is 0.696. The number of nitrogens with zero attached hydrogens (tertiary/aromatic N) is 2. The van der Waals surface area contributed by atoms with Crippen molar-refractivity contribution in [3.63, 3.8) is 0 Å². The second-order valence-electron chi connectivity index (χ2n) is 4.01. The molecule has 4 heteroatoms. The van der Waals surface area contributed by atoms with Gasteiger partial charge in [0.1, 0.15) is 5.82 Å². The molecule has 0 saturated carbocycles. The summed E-state index contributed by atoms with van der Waals surface area (Å²) in [5.74, 6) is 3.56. The van der Waals surface area contributed by atoms with Gasteiger partial charge in [-0.15, -0.1) is 0 Å².